The van der Waals surface area contributed by atoms with Crippen molar-refractivity contribution < 1.29 is 23.8 Å². The van der Waals surface area contributed by atoms with Gasteiger partial charge in [-0.05, 0) is 42.7 Å². The van der Waals surface area contributed by atoms with E-state index in [4.69, 9.17) is 14.6 Å². The van der Waals surface area contributed by atoms with Gasteiger partial charge in [-0.3, -0.25) is 9.59 Å². The van der Waals surface area contributed by atoms with Crippen molar-refractivity contribution in [2.45, 2.75) is 32.7 Å². The van der Waals surface area contributed by atoms with Gasteiger partial charge in [-0.15, -0.1) is 0 Å². The first kappa shape index (κ1) is 21.4. The first-order valence-electron chi connectivity index (χ1n) is 9.81. The number of carboxylic acid groups (broad SMARTS) is 1. The maximum absolute atomic E-state index is 14.8. The molecular formula is C23H24FNO5. The zero-order chi connectivity index (χ0) is 21.7. The lowest BCUT2D eigenvalue weighted by molar-refractivity contribution is -0.137. The SMILES string of the molecule is CCCOc1ccc(F)c2c(=O)c(-c3ccc(OC)cc3)cn(CCCC(=O)O)c12. The van der Waals surface area contributed by atoms with Crippen molar-refractivity contribution in [2.24, 2.45) is 0 Å². The van der Waals surface area contributed by atoms with Crippen molar-refractivity contribution >= 4 is 16.9 Å². The fourth-order valence-corrected chi connectivity index (χ4v) is 3.34. The van der Waals surface area contributed by atoms with Gasteiger partial charge < -0.3 is 19.1 Å². The molecule has 0 radical (unpaired) electrons. The highest BCUT2D eigenvalue weighted by Crippen LogP contribution is 2.30. The number of hydrogen-bond donors (Lipinski definition) is 1. The fraction of sp³-hybridized carbons (Fsp3) is 0.304. The molecule has 1 aromatic heterocycles. The number of fused-ring (bicyclic) bond motifs is 1. The van der Waals surface area contributed by atoms with Crippen LogP contribution in [0.4, 0.5) is 4.39 Å². The van der Waals surface area contributed by atoms with E-state index in [1.54, 1.807) is 42.1 Å². The van der Waals surface area contributed by atoms with E-state index in [1.807, 2.05) is 6.92 Å². The number of aliphatic carboxylic acids is 1. The van der Waals surface area contributed by atoms with Crippen LogP contribution in [0, 0.1) is 5.82 Å². The van der Waals surface area contributed by atoms with E-state index >= 15 is 0 Å². The fourth-order valence-electron chi connectivity index (χ4n) is 3.34. The van der Waals surface area contributed by atoms with Gasteiger partial charge in [0.2, 0.25) is 0 Å². The Morgan fingerprint density at radius 1 is 1.17 bits per heavy atom. The maximum atomic E-state index is 14.8. The molecule has 30 heavy (non-hydrogen) atoms. The largest absolute Gasteiger partial charge is 0.497 e. The van der Waals surface area contributed by atoms with E-state index in [0.717, 1.165) is 6.42 Å². The molecule has 0 saturated heterocycles. The third-order valence-electron chi connectivity index (χ3n) is 4.79. The number of carbonyl (C=O) groups is 1. The Morgan fingerprint density at radius 2 is 1.90 bits per heavy atom. The average Bonchev–Trinajstić information content (AvgIpc) is 2.74. The molecule has 0 fully saturated rings. The van der Waals surface area contributed by atoms with Gasteiger partial charge in [0, 0.05) is 24.7 Å². The second-order valence-corrected chi connectivity index (χ2v) is 6.91. The molecule has 3 aromatic rings. The zero-order valence-electron chi connectivity index (χ0n) is 17.0. The molecule has 0 aliphatic carbocycles. The lowest BCUT2D eigenvalue weighted by Crippen LogP contribution is -2.15. The zero-order valence-corrected chi connectivity index (χ0v) is 17.0. The van der Waals surface area contributed by atoms with Crippen molar-refractivity contribution in [2.75, 3.05) is 13.7 Å². The maximum Gasteiger partial charge on any atom is 0.303 e. The molecule has 0 bridgehead atoms. The van der Waals surface area contributed by atoms with Crippen molar-refractivity contribution in [1.29, 1.82) is 0 Å². The summed E-state index contributed by atoms with van der Waals surface area (Å²) in [5.74, 6) is -0.504. The summed E-state index contributed by atoms with van der Waals surface area (Å²) < 4.78 is 27.5. The summed E-state index contributed by atoms with van der Waals surface area (Å²) in [4.78, 5) is 24.2. The van der Waals surface area contributed by atoms with Crippen LogP contribution in [0.15, 0.2) is 47.4 Å². The summed E-state index contributed by atoms with van der Waals surface area (Å²) in [5.41, 5.74) is 0.848. The number of halogens is 1. The van der Waals surface area contributed by atoms with Crippen molar-refractivity contribution in [3.8, 4) is 22.6 Å². The molecule has 6 nitrogen and oxygen atoms in total. The lowest BCUT2D eigenvalue weighted by Gasteiger charge is -2.17. The number of carboxylic acids is 1. The van der Waals surface area contributed by atoms with E-state index in [1.165, 1.54) is 12.1 Å². The van der Waals surface area contributed by atoms with E-state index < -0.39 is 17.2 Å². The molecule has 1 heterocycles. The second-order valence-electron chi connectivity index (χ2n) is 6.91. The van der Waals surface area contributed by atoms with Crippen molar-refractivity contribution in [3.05, 3.63) is 58.6 Å². The Morgan fingerprint density at radius 3 is 2.53 bits per heavy atom. The van der Waals surface area contributed by atoms with E-state index in [9.17, 15) is 14.0 Å². The van der Waals surface area contributed by atoms with Crippen LogP contribution in [0.25, 0.3) is 22.0 Å². The highest BCUT2D eigenvalue weighted by Gasteiger charge is 2.18. The molecule has 0 spiro atoms. The first-order chi connectivity index (χ1) is 14.5. The number of aromatic nitrogens is 1. The summed E-state index contributed by atoms with van der Waals surface area (Å²) in [6, 6.07) is 9.66. The smallest absolute Gasteiger partial charge is 0.303 e. The first-order valence-corrected chi connectivity index (χ1v) is 9.81. The van der Waals surface area contributed by atoms with Crippen LogP contribution in [-0.4, -0.2) is 29.4 Å². The minimum absolute atomic E-state index is 0.0358. The second kappa shape index (κ2) is 9.43. The predicted molar refractivity (Wildman–Crippen MR) is 113 cm³/mol. The standard InChI is InChI=1S/C23H24FNO5/c1-3-13-30-19-11-10-18(24)21-22(19)25(12-4-5-20(26)27)14-17(23(21)28)15-6-8-16(29-2)9-7-15/h6-11,14H,3-5,12-13H2,1-2H3,(H,26,27). The summed E-state index contributed by atoms with van der Waals surface area (Å²) in [6.45, 7) is 2.68. The highest BCUT2D eigenvalue weighted by molar-refractivity contribution is 5.89. The molecule has 2 aromatic carbocycles. The summed E-state index contributed by atoms with van der Waals surface area (Å²) in [6.07, 6.45) is 2.70. The monoisotopic (exact) mass is 413 g/mol. The molecule has 0 aliphatic rings. The van der Waals surface area contributed by atoms with E-state index in [-0.39, 0.29) is 11.8 Å². The van der Waals surface area contributed by atoms with Gasteiger partial charge >= 0.3 is 5.97 Å². The topological polar surface area (TPSA) is 77.8 Å². The number of hydrogen-bond acceptors (Lipinski definition) is 4. The Hall–Kier alpha value is -3.35. The van der Waals surface area contributed by atoms with Crippen LogP contribution in [0.2, 0.25) is 0 Å². The number of ether oxygens (including phenoxy) is 2. The van der Waals surface area contributed by atoms with Gasteiger partial charge in [0.25, 0.3) is 0 Å². The van der Waals surface area contributed by atoms with Gasteiger partial charge in [0.15, 0.2) is 5.43 Å². The van der Waals surface area contributed by atoms with Crippen LogP contribution in [0.5, 0.6) is 11.5 Å². The number of aryl methyl sites for hydroxylation is 1. The Bertz CT molecular complexity index is 1110. The average molecular weight is 413 g/mol. The molecule has 0 saturated carbocycles. The molecule has 1 N–H and O–H groups in total. The number of pyridine rings is 1. The van der Waals surface area contributed by atoms with Crippen LogP contribution < -0.4 is 14.9 Å². The summed E-state index contributed by atoms with van der Waals surface area (Å²) in [5, 5.41) is 8.93. The lowest BCUT2D eigenvalue weighted by atomic mass is 10.0. The third kappa shape index (κ3) is 4.45. The van der Waals surface area contributed by atoms with Gasteiger partial charge in [-0.1, -0.05) is 19.1 Å². The van der Waals surface area contributed by atoms with Crippen LogP contribution in [0.3, 0.4) is 0 Å². The summed E-state index contributed by atoms with van der Waals surface area (Å²) >= 11 is 0. The normalized spacial score (nSPS) is 10.9. The van der Waals surface area contributed by atoms with Crippen molar-refractivity contribution in [1.82, 2.24) is 4.57 Å². The van der Waals surface area contributed by atoms with Gasteiger partial charge in [0.1, 0.15) is 17.3 Å². The quantitative estimate of drug-likeness (QED) is 0.560. The Labute approximate surface area is 173 Å². The number of methoxy groups -OCH3 is 1. The molecule has 0 unspecified atom stereocenters. The molecule has 0 aliphatic heterocycles. The van der Waals surface area contributed by atoms with Crippen LogP contribution in [-0.2, 0) is 11.3 Å². The number of rotatable bonds is 9. The number of benzene rings is 2. The molecule has 3 rings (SSSR count). The predicted octanol–water partition coefficient (Wildman–Crippen LogP) is 4.47. The minimum atomic E-state index is -0.913. The molecule has 0 atom stereocenters. The van der Waals surface area contributed by atoms with Crippen molar-refractivity contribution in [3.63, 3.8) is 0 Å². The Kier molecular flexibility index (Phi) is 6.72. The van der Waals surface area contributed by atoms with Crippen LogP contribution >= 0.6 is 0 Å². The van der Waals surface area contributed by atoms with E-state index in [0.29, 0.717) is 47.7 Å². The summed E-state index contributed by atoms with van der Waals surface area (Å²) in [7, 11) is 1.55. The van der Waals surface area contributed by atoms with Gasteiger partial charge in [0.05, 0.1) is 24.6 Å². The molecule has 0 amide bonds. The van der Waals surface area contributed by atoms with Crippen LogP contribution in [0.1, 0.15) is 26.2 Å². The Balaban J connectivity index is 2.22. The molecule has 7 heteroatoms. The third-order valence-corrected chi connectivity index (χ3v) is 4.79. The highest BCUT2D eigenvalue weighted by atomic mass is 19.1. The molecule has 158 valence electrons. The number of nitrogens with zero attached hydrogens (tertiary/aromatic N) is 1. The van der Waals surface area contributed by atoms with E-state index in [2.05, 4.69) is 0 Å². The van der Waals surface area contributed by atoms with Gasteiger partial charge in [-0.25, -0.2) is 4.39 Å². The van der Waals surface area contributed by atoms with Gasteiger partial charge in [-0.2, -0.15) is 0 Å². The molecular weight excluding hydrogens is 389 g/mol. The minimum Gasteiger partial charge on any atom is -0.497 e.